The van der Waals surface area contributed by atoms with Gasteiger partial charge in [0.1, 0.15) is 5.60 Å². The number of alkyl halides is 3. The van der Waals surface area contributed by atoms with Crippen molar-refractivity contribution in [3.63, 3.8) is 0 Å². The second-order valence-corrected chi connectivity index (χ2v) is 8.56. The summed E-state index contributed by atoms with van der Waals surface area (Å²) < 4.78 is 37.9. The number of halogens is 3. The minimum absolute atomic E-state index is 0.0372. The van der Waals surface area contributed by atoms with Gasteiger partial charge in [0.2, 0.25) is 5.91 Å². The zero-order chi connectivity index (χ0) is 23.5. The van der Waals surface area contributed by atoms with Gasteiger partial charge in [-0.05, 0) is 37.8 Å². The molecule has 3 saturated heterocycles. The largest absolute Gasteiger partial charge is 0.490 e. The van der Waals surface area contributed by atoms with Crippen LogP contribution in [0.1, 0.15) is 41.6 Å². The summed E-state index contributed by atoms with van der Waals surface area (Å²) in [5.41, 5.74) is 1.48. The van der Waals surface area contributed by atoms with E-state index in [2.05, 4.69) is 4.98 Å². The molecule has 4 heterocycles. The highest BCUT2D eigenvalue weighted by molar-refractivity contribution is 5.94. The van der Waals surface area contributed by atoms with Crippen LogP contribution in [0.4, 0.5) is 13.2 Å². The third-order valence-corrected chi connectivity index (χ3v) is 5.89. The zero-order valence-electron chi connectivity index (χ0n) is 17.7. The molecule has 176 valence electrons. The molecule has 3 aliphatic heterocycles. The average Bonchev–Trinajstić information content (AvgIpc) is 3.11. The molecule has 4 rings (SSSR count). The molecule has 3 fully saturated rings. The van der Waals surface area contributed by atoms with Gasteiger partial charge < -0.3 is 19.6 Å². The van der Waals surface area contributed by atoms with Gasteiger partial charge in [0.05, 0.1) is 25.3 Å². The summed E-state index contributed by atoms with van der Waals surface area (Å²) in [6.45, 7) is 5.68. The van der Waals surface area contributed by atoms with E-state index in [1.807, 2.05) is 22.8 Å². The van der Waals surface area contributed by atoms with Gasteiger partial charge in [0, 0.05) is 37.8 Å². The van der Waals surface area contributed by atoms with Crippen LogP contribution in [-0.4, -0.2) is 82.2 Å². The summed E-state index contributed by atoms with van der Waals surface area (Å²) in [4.78, 5) is 41.1. The Balaban J connectivity index is 0.000000360. The quantitative estimate of drug-likeness (QED) is 0.748. The van der Waals surface area contributed by atoms with Gasteiger partial charge >= 0.3 is 12.1 Å². The van der Waals surface area contributed by atoms with Crippen LogP contribution in [0.3, 0.4) is 0 Å². The van der Waals surface area contributed by atoms with Crippen LogP contribution >= 0.6 is 0 Å². The second kappa shape index (κ2) is 9.43. The fourth-order valence-electron chi connectivity index (χ4n) is 4.17. The van der Waals surface area contributed by atoms with Crippen LogP contribution in [-0.2, 0) is 14.3 Å². The van der Waals surface area contributed by atoms with Gasteiger partial charge in [-0.3, -0.25) is 14.6 Å². The van der Waals surface area contributed by atoms with E-state index in [0.717, 1.165) is 37.9 Å². The molecule has 0 bridgehead atoms. The van der Waals surface area contributed by atoms with Gasteiger partial charge in [-0.15, -0.1) is 0 Å². The van der Waals surface area contributed by atoms with Crippen LogP contribution < -0.4 is 0 Å². The third kappa shape index (κ3) is 5.76. The lowest BCUT2D eigenvalue weighted by Gasteiger charge is -2.53. The fourth-order valence-corrected chi connectivity index (χ4v) is 4.17. The molecule has 1 spiro atoms. The maximum absolute atomic E-state index is 12.5. The monoisotopic (exact) mass is 457 g/mol. The van der Waals surface area contributed by atoms with Gasteiger partial charge in [-0.2, -0.15) is 13.2 Å². The highest BCUT2D eigenvalue weighted by Crippen LogP contribution is 2.37. The number of carbonyl (C=O) groups is 3. The molecule has 0 aliphatic carbocycles. The lowest BCUT2D eigenvalue weighted by atomic mass is 9.82. The third-order valence-electron chi connectivity index (χ3n) is 5.89. The molecule has 32 heavy (non-hydrogen) atoms. The highest BCUT2D eigenvalue weighted by atomic mass is 19.4. The van der Waals surface area contributed by atoms with Crippen LogP contribution in [0.5, 0.6) is 0 Å². The first-order valence-electron chi connectivity index (χ1n) is 10.4. The molecular weight excluding hydrogens is 431 g/mol. The van der Waals surface area contributed by atoms with Crippen molar-refractivity contribution in [1.82, 2.24) is 14.8 Å². The molecule has 1 N–H and O–H groups in total. The van der Waals surface area contributed by atoms with Crippen molar-refractivity contribution in [2.45, 2.75) is 44.4 Å². The van der Waals surface area contributed by atoms with Crippen molar-refractivity contribution in [2.24, 2.45) is 5.92 Å². The molecule has 0 radical (unpaired) electrons. The van der Waals surface area contributed by atoms with Gasteiger partial charge in [-0.25, -0.2) is 4.79 Å². The number of aliphatic carboxylic acids is 1. The molecule has 2 amide bonds. The summed E-state index contributed by atoms with van der Waals surface area (Å²) in [5.74, 6) is -2.01. The van der Waals surface area contributed by atoms with Crippen LogP contribution in [0, 0.1) is 12.8 Å². The van der Waals surface area contributed by atoms with E-state index in [4.69, 9.17) is 14.6 Å². The Morgan fingerprint density at radius 3 is 2.50 bits per heavy atom. The molecule has 8 nitrogen and oxygen atoms in total. The predicted molar refractivity (Wildman–Crippen MR) is 106 cm³/mol. The standard InChI is InChI=1S/C19H25N3O3.C2HF3O2/c1-14-7-16(9-20-8-14)18(24)22-12-19(13-22)5-4-15(11-25-19)10-21-6-2-3-17(21)23;3-2(4,5)1(6)7/h7-9,15H,2-6,10-13H2,1H3;(H,6,7). The Bertz CT molecular complexity index is 860. The Labute approximate surface area is 183 Å². The Morgan fingerprint density at radius 1 is 1.31 bits per heavy atom. The number of amides is 2. The number of aryl methyl sites for hydroxylation is 1. The van der Waals surface area contributed by atoms with E-state index in [1.54, 1.807) is 12.4 Å². The number of nitrogens with zero attached hydrogens (tertiary/aromatic N) is 3. The Kier molecular flexibility index (Phi) is 7.06. The molecular formula is C21H26F3N3O5. The van der Waals surface area contributed by atoms with Crippen molar-refractivity contribution in [3.05, 3.63) is 29.6 Å². The molecule has 1 unspecified atom stereocenters. The van der Waals surface area contributed by atoms with Gasteiger partial charge in [0.25, 0.3) is 5.91 Å². The van der Waals surface area contributed by atoms with Gasteiger partial charge in [0.15, 0.2) is 0 Å². The first-order valence-corrected chi connectivity index (χ1v) is 10.4. The average molecular weight is 457 g/mol. The molecule has 11 heteroatoms. The van der Waals surface area contributed by atoms with Crippen LogP contribution in [0.25, 0.3) is 0 Å². The lowest BCUT2D eigenvalue weighted by Crippen LogP contribution is -2.66. The van der Waals surface area contributed by atoms with Crippen LogP contribution in [0.2, 0.25) is 0 Å². The molecule has 3 aliphatic rings. The lowest BCUT2D eigenvalue weighted by molar-refractivity contribution is -0.192. The van der Waals surface area contributed by atoms with Crippen molar-refractivity contribution >= 4 is 17.8 Å². The van der Waals surface area contributed by atoms with Crippen molar-refractivity contribution in [3.8, 4) is 0 Å². The van der Waals surface area contributed by atoms with Crippen molar-refractivity contribution in [1.29, 1.82) is 0 Å². The number of carbonyl (C=O) groups excluding carboxylic acids is 2. The maximum Gasteiger partial charge on any atom is 0.490 e. The van der Waals surface area contributed by atoms with E-state index in [9.17, 15) is 22.8 Å². The number of rotatable bonds is 3. The second-order valence-electron chi connectivity index (χ2n) is 8.56. The maximum atomic E-state index is 12.5. The van der Waals surface area contributed by atoms with Crippen LogP contribution in [0.15, 0.2) is 18.5 Å². The minimum atomic E-state index is -5.08. The molecule has 1 aromatic heterocycles. The Hall–Kier alpha value is -2.69. The first kappa shape index (κ1) is 24.0. The first-order chi connectivity index (χ1) is 15.0. The van der Waals surface area contributed by atoms with E-state index in [0.29, 0.717) is 37.6 Å². The zero-order valence-corrected chi connectivity index (χ0v) is 17.7. The minimum Gasteiger partial charge on any atom is -0.475 e. The van der Waals surface area contributed by atoms with Gasteiger partial charge in [-0.1, -0.05) is 0 Å². The van der Waals surface area contributed by atoms with E-state index >= 15 is 0 Å². The Morgan fingerprint density at radius 2 is 2.00 bits per heavy atom. The number of likely N-dealkylation sites (tertiary alicyclic amines) is 2. The van der Waals surface area contributed by atoms with Crippen molar-refractivity contribution < 1.29 is 37.4 Å². The number of hydrogen-bond donors (Lipinski definition) is 1. The number of pyridine rings is 1. The van der Waals surface area contributed by atoms with E-state index in [1.165, 1.54) is 0 Å². The summed E-state index contributed by atoms with van der Waals surface area (Å²) in [6.07, 6.45) is 2.02. The SMILES string of the molecule is Cc1cncc(C(=O)N2CC3(CCC(CN4CCCC4=O)CO3)C2)c1.O=C(O)C(F)(F)F. The number of carboxylic acids is 1. The number of ether oxygens (including phenoxy) is 1. The number of carboxylic acid groups (broad SMARTS) is 1. The van der Waals surface area contributed by atoms with E-state index < -0.39 is 12.1 Å². The highest BCUT2D eigenvalue weighted by Gasteiger charge is 2.48. The molecule has 1 atom stereocenters. The van der Waals surface area contributed by atoms with E-state index in [-0.39, 0.29) is 17.4 Å². The molecule has 0 saturated carbocycles. The summed E-state index contributed by atoms with van der Waals surface area (Å²) in [5, 5.41) is 7.12. The summed E-state index contributed by atoms with van der Waals surface area (Å²) in [6, 6.07) is 1.88. The topological polar surface area (TPSA) is 100 Å². The number of hydrogen-bond acceptors (Lipinski definition) is 5. The normalized spacial score (nSPS) is 22.2. The number of aromatic nitrogens is 1. The smallest absolute Gasteiger partial charge is 0.475 e. The molecule has 1 aromatic rings. The predicted octanol–water partition coefficient (Wildman–Crippen LogP) is 2.27. The van der Waals surface area contributed by atoms with Crippen molar-refractivity contribution in [2.75, 3.05) is 32.8 Å². The molecule has 0 aromatic carbocycles. The fraction of sp³-hybridized carbons (Fsp3) is 0.619. The summed E-state index contributed by atoms with van der Waals surface area (Å²) in [7, 11) is 0. The summed E-state index contributed by atoms with van der Waals surface area (Å²) >= 11 is 0.